The Morgan fingerprint density at radius 2 is 1.90 bits per heavy atom. The summed E-state index contributed by atoms with van der Waals surface area (Å²) < 4.78 is 28.5. The van der Waals surface area contributed by atoms with Crippen molar-refractivity contribution in [1.29, 1.82) is 0 Å². The number of unbranched alkanes of at least 4 members (excludes halogenated alkanes) is 1. The Bertz CT molecular complexity index is 888. The van der Waals surface area contributed by atoms with Gasteiger partial charge in [0.25, 0.3) is 0 Å². The van der Waals surface area contributed by atoms with Gasteiger partial charge in [0.1, 0.15) is 0 Å². The van der Waals surface area contributed by atoms with Gasteiger partial charge in [-0.25, -0.2) is 13.1 Å². The molecule has 0 radical (unpaired) electrons. The van der Waals surface area contributed by atoms with Gasteiger partial charge in [0.2, 0.25) is 10.0 Å². The zero-order chi connectivity index (χ0) is 21.6. The molecule has 0 aromatic heterocycles. The van der Waals surface area contributed by atoms with Crippen molar-refractivity contribution in [2.75, 3.05) is 0 Å². The average Bonchev–Trinajstić information content (AvgIpc) is 2.71. The van der Waals surface area contributed by atoms with Crippen LogP contribution in [0.15, 0.2) is 41.8 Å². The number of carboxylic acids is 1. The van der Waals surface area contributed by atoms with Gasteiger partial charge in [-0.1, -0.05) is 35.9 Å². The van der Waals surface area contributed by atoms with Crippen LogP contribution in [0.25, 0.3) is 6.08 Å². The zero-order valence-electron chi connectivity index (χ0n) is 17.0. The lowest BCUT2D eigenvalue weighted by molar-refractivity contribution is -0.137. The van der Waals surface area contributed by atoms with Crippen LogP contribution in [0.4, 0.5) is 0 Å². The van der Waals surface area contributed by atoms with Gasteiger partial charge < -0.3 is 5.11 Å². The molecule has 3 fully saturated rings. The molecule has 3 aliphatic carbocycles. The maximum absolute atomic E-state index is 12.8. The SMILES string of the molecule is O=C(O)CCC/C=C/CC1C2CCC(CC2)C1NS(=O)(=O)/C=C/c1cccc(Cl)c1. The number of hydrogen-bond donors (Lipinski definition) is 2. The summed E-state index contributed by atoms with van der Waals surface area (Å²) in [6.45, 7) is 0. The first-order valence-electron chi connectivity index (χ1n) is 10.7. The highest BCUT2D eigenvalue weighted by Gasteiger charge is 2.44. The molecule has 4 rings (SSSR count). The molecule has 2 bridgehead atoms. The summed E-state index contributed by atoms with van der Waals surface area (Å²) in [6, 6.07) is 7.05. The first-order chi connectivity index (χ1) is 14.3. The zero-order valence-corrected chi connectivity index (χ0v) is 18.6. The number of rotatable bonds is 10. The van der Waals surface area contributed by atoms with Gasteiger partial charge in [0.15, 0.2) is 0 Å². The van der Waals surface area contributed by atoms with E-state index in [1.54, 1.807) is 24.3 Å². The predicted molar refractivity (Wildman–Crippen MR) is 121 cm³/mol. The van der Waals surface area contributed by atoms with Crippen molar-refractivity contribution in [2.45, 2.75) is 57.4 Å². The maximum atomic E-state index is 12.8. The number of benzene rings is 1. The summed E-state index contributed by atoms with van der Waals surface area (Å²) in [4.78, 5) is 10.6. The molecule has 0 spiro atoms. The van der Waals surface area contributed by atoms with Gasteiger partial charge in [0, 0.05) is 22.9 Å². The molecule has 0 heterocycles. The lowest BCUT2D eigenvalue weighted by Gasteiger charge is -2.48. The van der Waals surface area contributed by atoms with Gasteiger partial charge in [-0.15, -0.1) is 0 Å². The second kappa shape index (κ2) is 10.6. The minimum Gasteiger partial charge on any atom is -0.481 e. The second-order valence-electron chi connectivity index (χ2n) is 8.38. The number of nitrogens with one attached hydrogen (secondary N) is 1. The molecule has 5 nitrogen and oxygen atoms in total. The van der Waals surface area contributed by atoms with E-state index in [1.165, 1.54) is 18.2 Å². The van der Waals surface area contributed by atoms with E-state index in [9.17, 15) is 13.2 Å². The van der Waals surface area contributed by atoms with Crippen molar-refractivity contribution in [3.8, 4) is 0 Å². The highest BCUT2D eigenvalue weighted by atomic mass is 35.5. The minimum absolute atomic E-state index is 0.0461. The number of carbonyl (C=O) groups is 1. The number of hydrogen-bond acceptors (Lipinski definition) is 3. The van der Waals surface area contributed by atoms with Gasteiger partial charge in [0.05, 0.1) is 0 Å². The normalized spacial score (nSPS) is 26.6. The van der Waals surface area contributed by atoms with Crippen molar-refractivity contribution in [1.82, 2.24) is 4.72 Å². The van der Waals surface area contributed by atoms with E-state index in [1.807, 2.05) is 12.1 Å². The third-order valence-corrected chi connectivity index (χ3v) is 7.65. The molecule has 3 saturated carbocycles. The van der Waals surface area contributed by atoms with Crippen LogP contribution in [-0.2, 0) is 14.8 Å². The van der Waals surface area contributed by atoms with E-state index >= 15 is 0 Å². The summed E-state index contributed by atoms with van der Waals surface area (Å²) in [7, 11) is -3.56. The topological polar surface area (TPSA) is 83.5 Å². The molecule has 164 valence electrons. The van der Waals surface area contributed by atoms with Crippen LogP contribution < -0.4 is 4.72 Å². The summed E-state index contributed by atoms with van der Waals surface area (Å²) >= 11 is 5.97. The Labute approximate surface area is 184 Å². The van der Waals surface area contributed by atoms with Crippen LogP contribution in [0.2, 0.25) is 5.02 Å². The molecule has 0 aliphatic heterocycles. The number of aliphatic carboxylic acids is 1. The van der Waals surface area contributed by atoms with Gasteiger partial charge in [-0.3, -0.25) is 4.79 Å². The van der Waals surface area contributed by atoms with E-state index in [0.29, 0.717) is 29.2 Å². The lowest BCUT2D eigenvalue weighted by atomic mass is 9.61. The second-order valence-corrected chi connectivity index (χ2v) is 10.4. The molecule has 1 aromatic carbocycles. The summed E-state index contributed by atoms with van der Waals surface area (Å²) in [6.07, 6.45) is 12.6. The Kier molecular flexibility index (Phi) is 8.14. The van der Waals surface area contributed by atoms with Crippen molar-refractivity contribution >= 4 is 33.7 Å². The van der Waals surface area contributed by atoms with Crippen LogP contribution in [0.3, 0.4) is 0 Å². The maximum Gasteiger partial charge on any atom is 0.303 e. The Balaban J connectivity index is 1.62. The van der Waals surface area contributed by atoms with Crippen LogP contribution in [-0.4, -0.2) is 25.5 Å². The van der Waals surface area contributed by atoms with Crippen LogP contribution in [0, 0.1) is 17.8 Å². The van der Waals surface area contributed by atoms with E-state index in [4.69, 9.17) is 16.7 Å². The van der Waals surface area contributed by atoms with Crippen LogP contribution in [0.1, 0.15) is 56.9 Å². The third kappa shape index (κ3) is 6.69. The van der Waals surface area contributed by atoms with Gasteiger partial charge in [-0.05, 0) is 86.5 Å². The lowest BCUT2D eigenvalue weighted by Crippen LogP contribution is -2.52. The largest absolute Gasteiger partial charge is 0.481 e. The first-order valence-corrected chi connectivity index (χ1v) is 12.6. The molecule has 7 heteroatoms. The number of allylic oxidation sites excluding steroid dienone is 2. The number of sulfonamides is 1. The van der Waals surface area contributed by atoms with Crippen molar-refractivity contribution in [3.63, 3.8) is 0 Å². The Hall–Kier alpha value is -1.63. The molecule has 2 atom stereocenters. The van der Waals surface area contributed by atoms with Crippen molar-refractivity contribution < 1.29 is 18.3 Å². The Morgan fingerprint density at radius 3 is 2.60 bits per heavy atom. The van der Waals surface area contributed by atoms with Crippen LogP contribution in [0.5, 0.6) is 0 Å². The smallest absolute Gasteiger partial charge is 0.303 e. The summed E-state index contributed by atoms with van der Waals surface area (Å²) in [5, 5.41) is 10.5. The number of carboxylic acid groups (broad SMARTS) is 1. The van der Waals surface area contributed by atoms with E-state index in [-0.39, 0.29) is 12.5 Å². The van der Waals surface area contributed by atoms with E-state index in [2.05, 4.69) is 10.8 Å². The third-order valence-electron chi connectivity index (χ3n) is 6.32. The number of halogens is 1. The molecular weight excluding hydrogens is 422 g/mol. The molecule has 1 aromatic rings. The van der Waals surface area contributed by atoms with E-state index < -0.39 is 16.0 Å². The fraction of sp³-hybridized carbons (Fsp3) is 0.522. The van der Waals surface area contributed by atoms with E-state index in [0.717, 1.165) is 31.2 Å². The molecule has 30 heavy (non-hydrogen) atoms. The molecular formula is C23H30ClNO4S. The summed E-state index contributed by atoms with van der Waals surface area (Å²) in [5.74, 6) is 0.453. The van der Waals surface area contributed by atoms with Crippen molar-refractivity contribution in [2.24, 2.45) is 17.8 Å². The van der Waals surface area contributed by atoms with Gasteiger partial charge in [-0.2, -0.15) is 0 Å². The molecule has 0 saturated heterocycles. The summed E-state index contributed by atoms with van der Waals surface area (Å²) in [5.41, 5.74) is 0.749. The molecule has 2 N–H and O–H groups in total. The first kappa shape index (κ1) is 23.0. The highest BCUT2D eigenvalue weighted by molar-refractivity contribution is 7.92. The molecule has 2 unspecified atom stereocenters. The standard InChI is InChI=1S/C23H30ClNO4S/c24-20-7-5-6-17(16-20)14-15-30(28,29)25-23-19-12-10-18(11-13-19)21(23)8-3-1-2-4-9-22(26)27/h1,3,5-7,14-16,18-19,21,23,25H,2,4,8-13H2,(H,26,27)/b3-1+,15-14+. The number of fused-ring (bicyclic) bond motifs is 3. The van der Waals surface area contributed by atoms with Crippen molar-refractivity contribution in [3.05, 3.63) is 52.4 Å². The molecule has 0 amide bonds. The average molecular weight is 452 g/mol. The van der Waals surface area contributed by atoms with Gasteiger partial charge >= 0.3 is 5.97 Å². The minimum atomic E-state index is -3.56. The fourth-order valence-electron chi connectivity index (χ4n) is 4.85. The van der Waals surface area contributed by atoms with Crippen LogP contribution >= 0.6 is 11.6 Å². The highest BCUT2D eigenvalue weighted by Crippen LogP contribution is 2.46. The fourth-order valence-corrected chi connectivity index (χ4v) is 6.21. The molecule has 3 aliphatic rings. The monoisotopic (exact) mass is 451 g/mol. The quantitative estimate of drug-likeness (QED) is 0.376. The Morgan fingerprint density at radius 1 is 1.17 bits per heavy atom. The predicted octanol–water partition coefficient (Wildman–Crippen LogP) is 5.24.